The third kappa shape index (κ3) is 5.81. The van der Waals surface area contributed by atoms with Crippen molar-refractivity contribution in [2.75, 3.05) is 0 Å². The second-order valence-electron chi connectivity index (χ2n) is 10.9. The van der Waals surface area contributed by atoms with Gasteiger partial charge in [0.1, 0.15) is 0 Å². The van der Waals surface area contributed by atoms with Gasteiger partial charge in [-0.15, -0.1) is 11.3 Å². The number of thiazole rings is 1. The maximum Gasteiger partial charge on any atom is 0.0963 e. The van der Waals surface area contributed by atoms with E-state index in [1.54, 1.807) is 0 Å². The van der Waals surface area contributed by atoms with Crippen LogP contribution in [-0.2, 0) is 0 Å². The lowest BCUT2D eigenvalue weighted by molar-refractivity contribution is 0.112. The van der Waals surface area contributed by atoms with Crippen molar-refractivity contribution < 1.29 is 0 Å². The van der Waals surface area contributed by atoms with Gasteiger partial charge in [-0.1, -0.05) is 86.5 Å². The SMILES string of the molecule is CCCC(CCC)c1nc(C2=CCC(C)(C(C)(C)CCC(C)(C)C)C=C2)cs1. The molecule has 1 aliphatic rings. The fraction of sp³-hybridized carbons (Fsp3) is 0.731. The number of hydrogen-bond donors (Lipinski definition) is 0. The van der Waals surface area contributed by atoms with Crippen molar-refractivity contribution in [2.24, 2.45) is 16.2 Å². The number of hydrogen-bond acceptors (Lipinski definition) is 2. The first-order valence-corrected chi connectivity index (χ1v) is 12.2. The van der Waals surface area contributed by atoms with E-state index >= 15 is 0 Å². The van der Waals surface area contributed by atoms with Gasteiger partial charge in [-0.2, -0.15) is 0 Å². The van der Waals surface area contributed by atoms with Crippen LogP contribution in [0, 0.1) is 16.2 Å². The van der Waals surface area contributed by atoms with Crippen LogP contribution in [-0.4, -0.2) is 4.98 Å². The molecule has 1 unspecified atom stereocenters. The summed E-state index contributed by atoms with van der Waals surface area (Å²) in [5.41, 5.74) is 3.41. The van der Waals surface area contributed by atoms with E-state index in [0.717, 1.165) is 6.42 Å². The summed E-state index contributed by atoms with van der Waals surface area (Å²) in [7, 11) is 0. The van der Waals surface area contributed by atoms with Gasteiger partial charge >= 0.3 is 0 Å². The van der Waals surface area contributed by atoms with Crippen molar-refractivity contribution in [3.63, 3.8) is 0 Å². The van der Waals surface area contributed by atoms with Crippen LogP contribution < -0.4 is 0 Å². The van der Waals surface area contributed by atoms with Gasteiger partial charge < -0.3 is 0 Å². The highest BCUT2D eigenvalue weighted by atomic mass is 32.1. The zero-order valence-corrected chi connectivity index (χ0v) is 20.5. The summed E-state index contributed by atoms with van der Waals surface area (Å²) in [5.74, 6) is 0.642. The Morgan fingerprint density at radius 2 is 1.71 bits per heavy atom. The monoisotopic (exact) mass is 401 g/mol. The molecule has 1 aromatic rings. The van der Waals surface area contributed by atoms with Gasteiger partial charge in [0, 0.05) is 11.3 Å². The van der Waals surface area contributed by atoms with E-state index in [1.807, 2.05) is 11.3 Å². The van der Waals surface area contributed by atoms with Crippen molar-refractivity contribution >= 4 is 16.9 Å². The van der Waals surface area contributed by atoms with Crippen molar-refractivity contribution in [2.45, 2.75) is 106 Å². The average Bonchev–Trinajstić information content (AvgIpc) is 3.10. The maximum absolute atomic E-state index is 5.05. The Morgan fingerprint density at radius 1 is 1.07 bits per heavy atom. The smallest absolute Gasteiger partial charge is 0.0963 e. The summed E-state index contributed by atoms with van der Waals surface area (Å²) < 4.78 is 0. The van der Waals surface area contributed by atoms with Gasteiger partial charge in [-0.25, -0.2) is 4.98 Å². The summed E-state index contributed by atoms with van der Waals surface area (Å²) in [6, 6.07) is 0. The predicted molar refractivity (Wildman–Crippen MR) is 127 cm³/mol. The molecule has 0 bridgehead atoms. The molecule has 1 aliphatic carbocycles. The molecule has 0 spiro atoms. The average molecular weight is 402 g/mol. The molecule has 2 heteroatoms. The Balaban J connectivity index is 2.10. The largest absolute Gasteiger partial charge is 0.241 e. The van der Waals surface area contributed by atoms with Gasteiger partial charge in [0.25, 0.3) is 0 Å². The first-order chi connectivity index (χ1) is 13.0. The highest BCUT2D eigenvalue weighted by Crippen LogP contribution is 2.50. The van der Waals surface area contributed by atoms with Crippen LogP contribution in [0.3, 0.4) is 0 Å². The fourth-order valence-electron chi connectivity index (χ4n) is 4.09. The molecule has 0 aliphatic heterocycles. The molecule has 1 heterocycles. The molecule has 1 aromatic heterocycles. The van der Waals surface area contributed by atoms with Gasteiger partial charge in [-0.3, -0.25) is 0 Å². The molecule has 158 valence electrons. The summed E-state index contributed by atoms with van der Waals surface area (Å²) >= 11 is 1.86. The molecule has 2 rings (SSSR count). The molecule has 0 fully saturated rings. The normalized spacial score (nSPS) is 20.7. The van der Waals surface area contributed by atoms with Crippen LogP contribution in [0.5, 0.6) is 0 Å². The molecule has 0 saturated heterocycles. The first kappa shape index (κ1) is 23.4. The standard InChI is InChI=1S/C26H43NS/c1-9-11-21(12-10-2)23-27-22(19-28-23)20-13-15-26(8,16-14-20)25(6,7)18-17-24(3,4)5/h13-15,19,21H,9-12,16-18H2,1-8H3. The number of aromatic nitrogens is 1. The van der Waals surface area contributed by atoms with Gasteiger partial charge in [0.05, 0.1) is 10.7 Å². The van der Waals surface area contributed by atoms with E-state index in [9.17, 15) is 0 Å². The number of nitrogens with zero attached hydrogens (tertiary/aromatic N) is 1. The zero-order chi connectivity index (χ0) is 21.0. The van der Waals surface area contributed by atoms with E-state index < -0.39 is 0 Å². The predicted octanol–water partition coefficient (Wildman–Crippen LogP) is 9.03. The first-order valence-electron chi connectivity index (χ1n) is 11.4. The van der Waals surface area contributed by atoms with E-state index in [0.29, 0.717) is 16.7 Å². The quantitative estimate of drug-likeness (QED) is 0.402. The Morgan fingerprint density at radius 3 is 2.21 bits per heavy atom. The summed E-state index contributed by atoms with van der Waals surface area (Å²) in [6.45, 7) is 19.0. The maximum atomic E-state index is 5.05. The molecule has 28 heavy (non-hydrogen) atoms. The van der Waals surface area contributed by atoms with Gasteiger partial charge in [0.2, 0.25) is 0 Å². The number of rotatable bonds is 9. The Kier molecular flexibility index (Phi) is 7.76. The zero-order valence-electron chi connectivity index (χ0n) is 19.7. The van der Waals surface area contributed by atoms with Crippen LogP contribution in [0.1, 0.15) is 117 Å². The highest BCUT2D eigenvalue weighted by molar-refractivity contribution is 7.09. The second kappa shape index (κ2) is 9.28. The van der Waals surface area contributed by atoms with Crippen LogP contribution in [0.2, 0.25) is 0 Å². The minimum atomic E-state index is 0.216. The minimum Gasteiger partial charge on any atom is -0.241 e. The Bertz CT molecular complexity index is 680. The lowest BCUT2D eigenvalue weighted by atomic mass is 9.60. The van der Waals surface area contributed by atoms with E-state index in [2.05, 4.69) is 79.0 Å². The second-order valence-corrected chi connectivity index (χ2v) is 11.8. The van der Waals surface area contributed by atoms with Crippen molar-refractivity contribution in [3.8, 4) is 0 Å². The van der Waals surface area contributed by atoms with E-state index in [4.69, 9.17) is 4.98 Å². The van der Waals surface area contributed by atoms with Crippen LogP contribution in [0.4, 0.5) is 0 Å². The van der Waals surface area contributed by atoms with Gasteiger partial charge in [-0.05, 0) is 53.9 Å². The molecule has 0 aromatic carbocycles. The molecule has 0 amide bonds. The molecule has 0 radical (unpaired) electrons. The van der Waals surface area contributed by atoms with Gasteiger partial charge in [0.15, 0.2) is 0 Å². The molecule has 0 N–H and O–H groups in total. The molecular weight excluding hydrogens is 358 g/mol. The van der Waals surface area contributed by atoms with E-state index in [1.165, 1.54) is 54.8 Å². The lowest BCUT2D eigenvalue weighted by Crippen LogP contribution is -2.35. The minimum absolute atomic E-state index is 0.216. The third-order valence-corrected chi connectivity index (χ3v) is 7.87. The third-order valence-electron chi connectivity index (χ3n) is 6.86. The molecular formula is C26H43NS. The van der Waals surface area contributed by atoms with Crippen LogP contribution in [0.25, 0.3) is 5.57 Å². The molecule has 1 atom stereocenters. The van der Waals surface area contributed by atoms with E-state index in [-0.39, 0.29) is 5.41 Å². The van der Waals surface area contributed by atoms with Crippen molar-refractivity contribution in [3.05, 3.63) is 34.3 Å². The summed E-state index contributed by atoms with van der Waals surface area (Å²) in [5, 5.41) is 3.61. The topological polar surface area (TPSA) is 12.9 Å². The molecule has 0 saturated carbocycles. The Hall–Kier alpha value is -0.890. The van der Waals surface area contributed by atoms with Crippen LogP contribution >= 0.6 is 11.3 Å². The van der Waals surface area contributed by atoms with Crippen molar-refractivity contribution in [1.29, 1.82) is 0 Å². The summed E-state index contributed by atoms with van der Waals surface area (Å²) in [4.78, 5) is 5.05. The summed E-state index contributed by atoms with van der Waals surface area (Å²) in [6.07, 6.45) is 15.9. The lowest BCUT2D eigenvalue weighted by Gasteiger charge is -2.44. The highest BCUT2D eigenvalue weighted by Gasteiger charge is 2.39. The van der Waals surface area contributed by atoms with Crippen molar-refractivity contribution in [1.82, 2.24) is 4.98 Å². The fourth-order valence-corrected chi connectivity index (χ4v) is 5.09. The number of allylic oxidation sites excluding steroid dienone is 4. The Labute approximate surface area is 178 Å². The molecule has 1 nitrogen and oxygen atoms in total. The van der Waals surface area contributed by atoms with Crippen LogP contribution in [0.15, 0.2) is 23.6 Å².